The lowest BCUT2D eigenvalue weighted by molar-refractivity contribution is 0.562. The highest BCUT2D eigenvalue weighted by atomic mass is 32.1. The molecule has 1 aromatic heterocycles. The van der Waals surface area contributed by atoms with E-state index >= 15 is 0 Å². The van der Waals surface area contributed by atoms with Gasteiger partial charge in [0.2, 0.25) is 0 Å². The zero-order valence-corrected chi connectivity index (χ0v) is 9.16. The summed E-state index contributed by atoms with van der Waals surface area (Å²) < 4.78 is 0. The fraction of sp³-hybridized carbons (Fsp3) is 0.636. The Morgan fingerprint density at radius 2 is 2.54 bits per heavy atom. The predicted molar refractivity (Wildman–Crippen MR) is 58.3 cm³/mol. The minimum absolute atomic E-state index is 0.498. The van der Waals surface area contributed by atoms with E-state index in [0.29, 0.717) is 5.41 Å². The van der Waals surface area contributed by atoms with Gasteiger partial charge in [0.1, 0.15) is 0 Å². The molecular formula is C11H17NS. The van der Waals surface area contributed by atoms with E-state index in [4.69, 9.17) is 0 Å². The summed E-state index contributed by atoms with van der Waals surface area (Å²) in [6, 6.07) is 4.46. The van der Waals surface area contributed by atoms with Gasteiger partial charge in [-0.2, -0.15) is 0 Å². The van der Waals surface area contributed by atoms with Crippen LogP contribution in [0, 0.1) is 5.92 Å². The molecule has 1 fully saturated rings. The number of hydrogen-bond donors (Lipinski definition) is 1. The van der Waals surface area contributed by atoms with E-state index in [-0.39, 0.29) is 0 Å². The lowest BCUT2D eigenvalue weighted by atomic mass is 10.0. The van der Waals surface area contributed by atoms with Gasteiger partial charge in [0.15, 0.2) is 0 Å². The smallest absolute Gasteiger partial charge is 0.0203 e. The van der Waals surface area contributed by atoms with Gasteiger partial charge in [0.05, 0.1) is 0 Å². The Bertz CT molecular complexity index is 268. The minimum Gasteiger partial charge on any atom is -0.319 e. The van der Waals surface area contributed by atoms with Gasteiger partial charge in [0, 0.05) is 16.8 Å². The average molecular weight is 195 g/mol. The molecule has 1 saturated carbocycles. The second-order valence-corrected chi connectivity index (χ2v) is 4.92. The predicted octanol–water partition coefficient (Wildman–Crippen LogP) is 2.64. The van der Waals surface area contributed by atoms with Crippen LogP contribution in [0.2, 0.25) is 0 Å². The van der Waals surface area contributed by atoms with Crippen molar-refractivity contribution in [2.75, 3.05) is 13.6 Å². The van der Waals surface area contributed by atoms with Gasteiger partial charge in [-0.3, -0.25) is 0 Å². The van der Waals surface area contributed by atoms with Crippen LogP contribution in [0.3, 0.4) is 0 Å². The van der Waals surface area contributed by atoms with Crippen LogP contribution in [0.25, 0.3) is 0 Å². The third kappa shape index (κ3) is 1.42. The van der Waals surface area contributed by atoms with Crippen molar-refractivity contribution in [2.24, 2.45) is 5.92 Å². The summed E-state index contributed by atoms with van der Waals surface area (Å²) in [4.78, 5) is 1.58. The second kappa shape index (κ2) is 3.43. The Balaban J connectivity index is 2.17. The van der Waals surface area contributed by atoms with Crippen LogP contribution in [0.4, 0.5) is 0 Å². The highest BCUT2D eigenvalue weighted by molar-refractivity contribution is 7.10. The lowest BCUT2D eigenvalue weighted by Gasteiger charge is -2.14. The van der Waals surface area contributed by atoms with Crippen molar-refractivity contribution < 1.29 is 0 Å². The number of hydrogen-bond acceptors (Lipinski definition) is 2. The Hall–Kier alpha value is -0.340. The van der Waals surface area contributed by atoms with Crippen molar-refractivity contribution in [1.29, 1.82) is 0 Å². The first-order valence-electron chi connectivity index (χ1n) is 5.02. The molecule has 0 saturated heterocycles. The monoisotopic (exact) mass is 195 g/mol. The molecule has 0 aromatic carbocycles. The molecule has 0 aliphatic heterocycles. The molecule has 1 aliphatic rings. The molecule has 2 heteroatoms. The van der Waals surface area contributed by atoms with E-state index in [1.165, 1.54) is 12.8 Å². The van der Waals surface area contributed by atoms with E-state index in [1.807, 2.05) is 11.3 Å². The maximum absolute atomic E-state index is 3.33. The van der Waals surface area contributed by atoms with E-state index < -0.39 is 0 Å². The molecule has 0 amide bonds. The Labute approximate surface area is 84.2 Å². The third-order valence-electron chi connectivity index (χ3n) is 3.23. The maximum atomic E-state index is 3.33. The van der Waals surface area contributed by atoms with E-state index in [0.717, 1.165) is 12.5 Å². The maximum Gasteiger partial charge on any atom is 0.0203 e. The molecule has 1 nitrogen and oxygen atoms in total. The summed E-state index contributed by atoms with van der Waals surface area (Å²) >= 11 is 1.91. The highest BCUT2D eigenvalue weighted by Gasteiger charge is 2.53. The van der Waals surface area contributed by atoms with Gasteiger partial charge in [-0.25, -0.2) is 0 Å². The summed E-state index contributed by atoms with van der Waals surface area (Å²) in [7, 11) is 2.06. The molecule has 2 unspecified atom stereocenters. The van der Waals surface area contributed by atoms with Gasteiger partial charge in [0.25, 0.3) is 0 Å². The number of nitrogens with one attached hydrogen (secondary N) is 1. The zero-order valence-electron chi connectivity index (χ0n) is 8.34. The van der Waals surface area contributed by atoms with Crippen molar-refractivity contribution >= 4 is 11.3 Å². The molecule has 1 aliphatic carbocycles. The normalized spacial score (nSPS) is 32.0. The first kappa shape index (κ1) is 9.22. The van der Waals surface area contributed by atoms with Gasteiger partial charge in [-0.05, 0) is 30.8 Å². The standard InChI is InChI=1S/C11H17NS/c1-3-9-7-11(9,8-12-2)10-5-4-6-13-10/h4-6,9,12H,3,7-8H2,1-2H3. The largest absolute Gasteiger partial charge is 0.319 e. The molecule has 0 bridgehead atoms. The summed E-state index contributed by atoms with van der Waals surface area (Å²) in [5, 5.41) is 5.52. The Morgan fingerprint density at radius 3 is 3.00 bits per heavy atom. The van der Waals surface area contributed by atoms with Crippen LogP contribution >= 0.6 is 11.3 Å². The van der Waals surface area contributed by atoms with Crippen molar-refractivity contribution in [3.8, 4) is 0 Å². The second-order valence-electron chi connectivity index (χ2n) is 3.97. The van der Waals surface area contributed by atoms with Gasteiger partial charge >= 0.3 is 0 Å². The first-order chi connectivity index (χ1) is 6.33. The quantitative estimate of drug-likeness (QED) is 0.779. The molecule has 1 heterocycles. The van der Waals surface area contributed by atoms with Gasteiger partial charge in [-0.15, -0.1) is 11.3 Å². The highest BCUT2D eigenvalue weighted by Crippen LogP contribution is 2.56. The number of thiophene rings is 1. The molecule has 1 aromatic rings. The Kier molecular flexibility index (Phi) is 2.43. The molecule has 13 heavy (non-hydrogen) atoms. The van der Waals surface area contributed by atoms with Crippen molar-refractivity contribution in [1.82, 2.24) is 5.32 Å². The summed E-state index contributed by atoms with van der Waals surface area (Å²) in [5.41, 5.74) is 0.498. The van der Waals surface area contributed by atoms with Gasteiger partial charge in [-0.1, -0.05) is 19.4 Å². The van der Waals surface area contributed by atoms with Crippen molar-refractivity contribution in [3.05, 3.63) is 22.4 Å². The molecule has 0 spiro atoms. The third-order valence-corrected chi connectivity index (χ3v) is 4.32. The molecular weight excluding hydrogens is 178 g/mol. The van der Waals surface area contributed by atoms with Crippen molar-refractivity contribution in [3.63, 3.8) is 0 Å². The fourth-order valence-corrected chi connectivity index (χ4v) is 3.42. The van der Waals surface area contributed by atoms with Crippen molar-refractivity contribution in [2.45, 2.75) is 25.2 Å². The van der Waals surface area contributed by atoms with Crippen LogP contribution in [0.15, 0.2) is 17.5 Å². The van der Waals surface area contributed by atoms with Crippen LogP contribution in [-0.2, 0) is 5.41 Å². The molecule has 72 valence electrons. The van der Waals surface area contributed by atoms with E-state index in [9.17, 15) is 0 Å². The van der Waals surface area contributed by atoms with Crippen LogP contribution in [0.1, 0.15) is 24.6 Å². The van der Waals surface area contributed by atoms with Crippen LogP contribution in [0.5, 0.6) is 0 Å². The molecule has 2 rings (SSSR count). The molecule has 0 radical (unpaired) electrons. The molecule has 2 atom stereocenters. The average Bonchev–Trinajstić information content (AvgIpc) is 2.64. The lowest BCUT2D eigenvalue weighted by Crippen LogP contribution is -2.24. The summed E-state index contributed by atoms with van der Waals surface area (Å²) in [6.45, 7) is 3.45. The fourth-order valence-electron chi connectivity index (χ4n) is 2.40. The first-order valence-corrected chi connectivity index (χ1v) is 5.90. The minimum atomic E-state index is 0.498. The van der Waals surface area contributed by atoms with E-state index in [1.54, 1.807) is 4.88 Å². The topological polar surface area (TPSA) is 12.0 Å². The number of likely N-dealkylation sites (N-methyl/N-ethyl adjacent to an activating group) is 1. The summed E-state index contributed by atoms with van der Waals surface area (Å²) in [5.74, 6) is 0.915. The van der Waals surface area contributed by atoms with Crippen LogP contribution in [-0.4, -0.2) is 13.6 Å². The van der Waals surface area contributed by atoms with E-state index in [2.05, 4.69) is 36.8 Å². The Morgan fingerprint density at radius 1 is 1.69 bits per heavy atom. The SMILES string of the molecule is CCC1CC1(CNC)c1cccs1. The zero-order chi connectivity index (χ0) is 9.31. The van der Waals surface area contributed by atoms with Crippen LogP contribution < -0.4 is 5.32 Å². The number of rotatable bonds is 4. The molecule has 1 N–H and O–H groups in total. The van der Waals surface area contributed by atoms with Gasteiger partial charge < -0.3 is 5.32 Å². The summed E-state index contributed by atoms with van der Waals surface area (Å²) in [6.07, 6.45) is 2.70.